The highest BCUT2D eigenvalue weighted by Crippen LogP contribution is 2.18. The second kappa shape index (κ2) is 7.06. The van der Waals surface area contributed by atoms with Crippen LogP contribution in [-0.2, 0) is 6.54 Å². The highest BCUT2D eigenvalue weighted by Gasteiger charge is 2.15. The minimum Gasteiger partial charge on any atom is -0.313 e. The first kappa shape index (κ1) is 14.5. The van der Waals surface area contributed by atoms with Crippen molar-refractivity contribution < 1.29 is 0 Å². The van der Waals surface area contributed by atoms with E-state index in [1.54, 1.807) is 0 Å². The van der Waals surface area contributed by atoms with Crippen LogP contribution in [0.25, 0.3) is 0 Å². The van der Waals surface area contributed by atoms with Crippen molar-refractivity contribution in [1.82, 2.24) is 10.2 Å². The van der Waals surface area contributed by atoms with Gasteiger partial charge < -0.3 is 10.2 Å². The Balaban J connectivity index is 1.66. The van der Waals surface area contributed by atoms with Crippen molar-refractivity contribution in [2.24, 2.45) is 5.92 Å². The molecule has 1 aromatic carbocycles. The number of hydrogen-bond donors (Lipinski definition) is 1. The predicted molar refractivity (Wildman–Crippen MR) is 82.5 cm³/mol. The molecule has 1 aliphatic heterocycles. The lowest BCUT2D eigenvalue weighted by atomic mass is 9.94. The smallest absolute Gasteiger partial charge is 0.0208 e. The standard InChI is InChI=1S/C17H28N2/c1-14-4-5-17(15(2)12-14)13-18-9-6-16-7-10-19(3)11-8-16/h4-5,12,16,18H,6-11,13H2,1-3H3. The molecule has 0 unspecified atom stereocenters. The number of aryl methyl sites for hydroxylation is 2. The fourth-order valence-electron chi connectivity index (χ4n) is 2.92. The maximum absolute atomic E-state index is 3.61. The molecule has 0 aliphatic carbocycles. The SMILES string of the molecule is Cc1ccc(CNCCC2CCN(C)CC2)c(C)c1. The predicted octanol–water partition coefficient (Wildman–Crippen LogP) is 3.12. The van der Waals surface area contributed by atoms with Crippen molar-refractivity contribution in [1.29, 1.82) is 0 Å². The van der Waals surface area contributed by atoms with Crippen LogP contribution in [0.4, 0.5) is 0 Å². The summed E-state index contributed by atoms with van der Waals surface area (Å²) in [5.41, 5.74) is 4.20. The summed E-state index contributed by atoms with van der Waals surface area (Å²) in [5, 5.41) is 3.61. The summed E-state index contributed by atoms with van der Waals surface area (Å²) in [5.74, 6) is 0.933. The summed E-state index contributed by atoms with van der Waals surface area (Å²) < 4.78 is 0. The Morgan fingerprint density at radius 1 is 1.21 bits per heavy atom. The molecule has 0 aromatic heterocycles. The zero-order chi connectivity index (χ0) is 13.7. The molecule has 1 aromatic rings. The summed E-state index contributed by atoms with van der Waals surface area (Å²) in [6, 6.07) is 6.74. The van der Waals surface area contributed by atoms with Gasteiger partial charge in [-0.25, -0.2) is 0 Å². The maximum Gasteiger partial charge on any atom is 0.0208 e. The number of likely N-dealkylation sites (tertiary alicyclic amines) is 1. The van der Waals surface area contributed by atoms with E-state index in [0.717, 1.165) is 19.0 Å². The lowest BCUT2D eigenvalue weighted by molar-refractivity contribution is 0.211. The van der Waals surface area contributed by atoms with Crippen molar-refractivity contribution >= 4 is 0 Å². The number of rotatable bonds is 5. The molecule has 1 aliphatic rings. The molecule has 1 fully saturated rings. The van der Waals surface area contributed by atoms with Crippen LogP contribution < -0.4 is 5.32 Å². The molecule has 1 saturated heterocycles. The molecule has 0 bridgehead atoms. The fraction of sp³-hybridized carbons (Fsp3) is 0.647. The highest BCUT2D eigenvalue weighted by atomic mass is 15.1. The molecule has 0 atom stereocenters. The van der Waals surface area contributed by atoms with Gasteiger partial charge in [0.15, 0.2) is 0 Å². The van der Waals surface area contributed by atoms with Crippen molar-refractivity contribution in [3.05, 3.63) is 34.9 Å². The van der Waals surface area contributed by atoms with Crippen LogP contribution in [0.5, 0.6) is 0 Å². The van der Waals surface area contributed by atoms with Crippen LogP contribution in [0.15, 0.2) is 18.2 Å². The first-order valence-electron chi connectivity index (χ1n) is 7.60. The molecular weight excluding hydrogens is 232 g/mol. The van der Waals surface area contributed by atoms with Crippen LogP contribution in [0.3, 0.4) is 0 Å². The van der Waals surface area contributed by atoms with Crippen molar-refractivity contribution in [2.45, 2.75) is 39.7 Å². The Kier molecular flexibility index (Phi) is 5.41. The quantitative estimate of drug-likeness (QED) is 0.818. The van der Waals surface area contributed by atoms with Crippen molar-refractivity contribution in [3.8, 4) is 0 Å². The van der Waals surface area contributed by atoms with E-state index in [-0.39, 0.29) is 0 Å². The third-order valence-corrected chi connectivity index (χ3v) is 4.38. The van der Waals surface area contributed by atoms with E-state index >= 15 is 0 Å². The van der Waals surface area contributed by atoms with Crippen LogP contribution in [0, 0.1) is 19.8 Å². The maximum atomic E-state index is 3.61. The van der Waals surface area contributed by atoms with E-state index in [1.807, 2.05) is 0 Å². The van der Waals surface area contributed by atoms with Gasteiger partial charge in [0.25, 0.3) is 0 Å². The topological polar surface area (TPSA) is 15.3 Å². The average molecular weight is 260 g/mol. The number of nitrogens with one attached hydrogen (secondary N) is 1. The monoisotopic (exact) mass is 260 g/mol. The summed E-state index contributed by atoms with van der Waals surface area (Å²) in [7, 11) is 2.23. The normalized spacial score (nSPS) is 17.8. The largest absolute Gasteiger partial charge is 0.313 e. The lowest BCUT2D eigenvalue weighted by Gasteiger charge is -2.28. The van der Waals surface area contributed by atoms with Gasteiger partial charge in [0.1, 0.15) is 0 Å². The van der Waals surface area contributed by atoms with E-state index in [2.05, 4.69) is 49.3 Å². The van der Waals surface area contributed by atoms with Gasteiger partial charge in [0, 0.05) is 6.54 Å². The Morgan fingerprint density at radius 3 is 2.63 bits per heavy atom. The average Bonchev–Trinajstić information content (AvgIpc) is 2.39. The van der Waals surface area contributed by atoms with Gasteiger partial charge in [0.2, 0.25) is 0 Å². The zero-order valence-corrected chi connectivity index (χ0v) is 12.7. The summed E-state index contributed by atoms with van der Waals surface area (Å²) in [4.78, 5) is 2.44. The molecule has 2 nitrogen and oxygen atoms in total. The fourth-order valence-corrected chi connectivity index (χ4v) is 2.92. The second-order valence-electron chi connectivity index (χ2n) is 6.14. The Hall–Kier alpha value is -0.860. The van der Waals surface area contributed by atoms with E-state index in [4.69, 9.17) is 0 Å². The number of piperidine rings is 1. The molecule has 106 valence electrons. The molecule has 2 heteroatoms. The van der Waals surface area contributed by atoms with Gasteiger partial charge >= 0.3 is 0 Å². The van der Waals surface area contributed by atoms with E-state index in [0.29, 0.717) is 0 Å². The van der Waals surface area contributed by atoms with E-state index in [1.165, 1.54) is 49.0 Å². The van der Waals surface area contributed by atoms with Gasteiger partial charge in [-0.05, 0) is 76.8 Å². The Bertz CT molecular complexity index is 392. The summed E-state index contributed by atoms with van der Waals surface area (Å²) >= 11 is 0. The molecule has 0 spiro atoms. The Labute approximate surface area is 118 Å². The molecule has 0 radical (unpaired) electrons. The van der Waals surface area contributed by atoms with E-state index in [9.17, 15) is 0 Å². The van der Waals surface area contributed by atoms with Gasteiger partial charge in [-0.2, -0.15) is 0 Å². The van der Waals surface area contributed by atoms with E-state index < -0.39 is 0 Å². The Morgan fingerprint density at radius 2 is 1.95 bits per heavy atom. The number of hydrogen-bond acceptors (Lipinski definition) is 2. The van der Waals surface area contributed by atoms with Crippen LogP contribution in [0.2, 0.25) is 0 Å². The van der Waals surface area contributed by atoms with Gasteiger partial charge in [0.05, 0.1) is 0 Å². The second-order valence-corrected chi connectivity index (χ2v) is 6.14. The van der Waals surface area contributed by atoms with Gasteiger partial charge in [-0.15, -0.1) is 0 Å². The van der Waals surface area contributed by atoms with Crippen LogP contribution in [-0.4, -0.2) is 31.6 Å². The molecule has 19 heavy (non-hydrogen) atoms. The molecule has 1 N–H and O–H groups in total. The number of nitrogens with zero attached hydrogens (tertiary/aromatic N) is 1. The van der Waals surface area contributed by atoms with Gasteiger partial charge in [-0.3, -0.25) is 0 Å². The highest BCUT2D eigenvalue weighted by molar-refractivity contribution is 5.30. The molecule has 1 heterocycles. The minimum atomic E-state index is 0.933. The summed E-state index contributed by atoms with van der Waals surface area (Å²) in [6.07, 6.45) is 4.09. The van der Waals surface area contributed by atoms with Crippen molar-refractivity contribution in [2.75, 3.05) is 26.7 Å². The lowest BCUT2D eigenvalue weighted by Crippen LogP contribution is -2.31. The molecule has 2 rings (SSSR count). The van der Waals surface area contributed by atoms with Gasteiger partial charge in [-0.1, -0.05) is 23.8 Å². The summed E-state index contributed by atoms with van der Waals surface area (Å²) in [6.45, 7) is 9.09. The zero-order valence-electron chi connectivity index (χ0n) is 12.7. The molecule has 0 amide bonds. The van der Waals surface area contributed by atoms with Crippen LogP contribution in [0.1, 0.15) is 36.0 Å². The number of benzene rings is 1. The molecule has 0 saturated carbocycles. The first-order chi connectivity index (χ1) is 9.15. The van der Waals surface area contributed by atoms with Crippen LogP contribution >= 0.6 is 0 Å². The van der Waals surface area contributed by atoms with Crippen molar-refractivity contribution in [3.63, 3.8) is 0 Å². The third-order valence-electron chi connectivity index (χ3n) is 4.38. The third kappa shape index (κ3) is 4.63. The first-order valence-corrected chi connectivity index (χ1v) is 7.60. The molecular formula is C17H28N2. The minimum absolute atomic E-state index is 0.933.